The van der Waals surface area contributed by atoms with Crippen LogP contribution >= 0.6 is 0 Å². The van der Waals surface area contributed by atoms with E-state index in [1.807, 2.05) is 19.1 Å². The molecule has 1 aliphatic rings. The van der Waals surface area contributed by atoms with Gasteiger partial charge in [0.15, 0.2) is 0 Å². The lowest BCUT2D eigenvalue weighted by Gasteiger charge is -2.22. The lowest BCUT2D eigenvalue weighted by atomic mass is 10.0. The number of aromatic nitrogens is 1. The van der Waals surface area contributed by atoms with Gasteiger partial charge >= 0.3 is 0 Å². The normalized spacial score (nSPS) is 19.9. The Morgan fingerprint density at radius 2 is 2.47 bits per heavy atom. The van der Waals surface area contributed by atoms with Crippen LogP contribution in [0.2, 0.25) is 0 Å². The minimum atomic E-state index is -0.0206. The van der Waals surface area contributed by atoms with Crippen LogP contribution in [0.5, 0.6) is 0 Å². The van der Waals surface area contributed by atoms with Gasteiger partial charge in [0.2, 0.25) is 5.91 Å². The molecular formula is C13H19N3O. The predicted molar refractivity (Wildman–Crippen MR) is 66.5 cm³/mol. The summed E-state index contributed by atoms with van der Waals surface area (Å²) in [6.07, 6.45) is 5.00. The van der Waals surface area contributed by atoms with E-state index in [-0.39, 0.29) is 11.9 Å². The van der Waals surface area contributed by atoms with E-state index in [2.05, 4.69) is 15.6 Å². The first-order valence-electron chi connectivity index (χ1n) is 6.19. The number of amides is 1. The molecule has 1 aromatic rings. The highest BCUT2D eigenvalue weighted by molar-refractivity contribution is 5.81. The lowest BCUT2D eigenvalue weighted by molar-refractivity contribution is -0.123. The molecule has 2 N–H and O–H groups in total. The molecule has 92 valence electrons. The van der Waals surface area contributed by atoms with Crippen LogP contribution in [0.4, 0.5) is 0 Å². The molecule has 2 heterocycles. The molecule has 1 aliphatic heterocycles. The topological polar surface area (TPSA) is 54.0 Å². The van der Waals surface area contributed by atoms with E-state index in [9.17, 15) is 4.79 Å². The Balaban J connectivity index is 1.85. The van der Waals surface area contributed by atoms with Crippen molar-refractivity contribution >= 4 is 5.91 Å². The van der Waals surface area contributed by atoms with Gasteiger partial charge in [0.05, 0.1) is 18.3 Å². The number of nitrogens with one attached hydrogen (secondary N) is 2. The van der Waals surface area contributed by atoms with E-state index in [1.54, 1.807) is 6.20 Å². The van der Waals surface area contributed by atoms with Crippen molar-refractivity contribution in [3.05, 3.63) is 29.6 Å². The van der Waals surface area contributed by atoms with Crippen molar-refractivity contribution in [3.63, 3.8) is 0 Å². The summed E-state index contributed by atoms with van der Waals surface area (Å²) in [5, 5.41) is 6.18. The van der Waals surface area contributed by atoms with Gasteiger partial charge in [-0.05, 0) is 37.9 Å². The maximum absolute atomic E-state index is 11.9. The molecule has 0 bridgehead atoms. The molecule has 0 saturated carbocycles. The van der Waals surface area contributed by atoms with Crippen molar-refractivity contribution in [2.24, 2.45) is 0 Å². The summed E-state index contributed by atoms with van der Waals surface area (Å²) in [6.45, 7) is 3.47. The summed E-state index contributed by atoms with van der Waals surface area (Å²) in [4.78, 5) is 16.1. The van der Waals surface area contributed by atoms with Crippen LogP contribution in [-0.4, -0.2) is 23.5 Å². The Bertz CT molecular complexity index is 386. The van der Waals surface area contributed by atoms with E-state index in [4.69, 9.17) is 0 Å². The molecule has 0 unspecified atom stereocenters. The minimum Gasteiger partial charge on any atom is -0.349 e. The fourth-order valence-corrected chi connectivity index (χ4v) is 2.07. The Kier molecular flexibility index (Phi) is 4.09. The zero-order chi connectivity index (χ0) is 12.1. The van der Waals surface area contributed by atoms with Gasteiger partial charge in [0.25, 0.3) is 0 Å². The van der Waals surface area contributed by atoms with E-state index >= 15 is 0 Å². The van der Waals surface area contributed by atoms with Gasteiger partial charge in [-0.1, -0.05) is 12.5 Å². The second-order valence-electron chi connectivity index (χ2n) is 4.49. The predicted octanol–water partition coefficient (Wildman–Crippen LogP) is 1.15. The molecule has 1 atom stereocenters. The average Bonchev–Trinajstić information content (AvgIpc) is 2.38. The number of nitrogens with zero attached hydrogens (tertiary/aromatic N) is 1. The van der Waals surface area contributed by atoms with Crippen LogP contribution in [-0.2, 0) is 11.3 Å². The smallest absolute Gasteiger partial charge is 0.237 e. The summed E-state index contributed by atoms with van der Waals surface area (Å²) in [5.74, 6) is 0.0924. The molecule has 4 nitrogen and oxygen atoms in total. The zero-order valence-electron chi connectivity index (χ0n) is 10.2. The second-order valence-corrected chi connectivity index (χ2v) is 4.49. The molecule has 0 aromatic carbocycles. The summed E-state index contributed by atoms with van der Waals surface area (Å²) in [7, 11) is 0. The Morgan fingerprint density at radius 1 is 1.59 bits per heavy atom. The molecule has 17 heavy (non-hydrogen) atoms. The Labute approximate surface area is 102 Å². The zero-order valence-corrected chi connectivity index (χ0v) is 10.2. The molecule has 0 spiro atoms. The fourth-order valence-electron chi connectivity index (χ4n) is 2.07. The van der Waals surface area contributed by atoms with Gasteiger partial charge in [-0.2, -0.15) is 0 Å². The first-order valence-corrected chi connectivity index (χ1v) is 6.19. The summed E-state index contributed by atoms with van der Waals surface area (Å²) in [6, 6.07) is 3.89. The molecule has 4 heteroatoms. The number of hydrogen-bond donors (Lipinski definition) is 2. The molecular weight excluding hydrogens is 214 g/mol. The minimum absolute atomic E-state index is 0.0206. The highest BCUT2D eigenvalue weighted by Crippen LogP contribution is 2.07. The van der Waals surface area contributed by atoms with Gasteiger partial charge < -0.3 is 10.6 Å². The van der Waals surface area contributed by atoms with Gasteiger partial charge in [0.1, 0.15) is 0 Å². The number of piperidine rings is 1. The standard InChI is InChI=1S/C13H19N3O/c1-10-5-4-8-15-12(10)9-16-13(17)11-6-2-3-7-14-11/h4-5,8,11,14H,2-3,6-7,9H2,1H3,(H,16,17)/t11-/m0/s1. The molecule has 1 aromatic heterocycles. The summed E-state index contributed by atoms with van der Waals surface area (Å²) in [5.41, 5.74) is 2.06. The Hall–Kier alpha value is -1.42. The van der Waals surface area contributed by atoms with E-state index in [1.165, 1.54) is 6.42 Å². The third-order valence-electron chi connectivity index (χ3n) is 3.17. The van der Waals surface area contributed by atoms with Crippen molar-refractivity contribution in [2.45, 2.75) is 38.8 Å². The van der Waals surface area contributed by atoms with Gasteiger partial charge in [-0.25, -0.2) is 0 Å². The van der Waals surface area contributed by atoms with Crippen LogP contribution in [0.15, 0.2) is 18.3 Å². The number of hydrogen-bond acceptors (Lipinski definition) is 3. The van der Waals surface area contributed by atoms with Crippen molar-refractivity contribution in [3.8, 4) is 0 Å². The van der Waals surface area contributed by atoms with Crippen molar-refractivity contribution < 1.29 is 4.79 Å². The molecule has 1 fully saturated rings. The fraction of sp³-hybridized carbons (Fsp3) is 0.538. The lowest BCUT2D eigenvalue weighted by Crippen LogP contribution is -2.46. The number of aryl methyl sites for hydroxylation is 1. The van der Waals surface area contributed by atoms with Crippen LogP contribution in [0, 0.1) is 6.92 Å². The SMILES string of the molecule is Cc1cccnc1CNC(=O)[C@@H]1CCCCN1. The molecule has 1 saturated heterocycles. The first kappa shape index (κ1) is 12.0. The number of carbonyl (C=O) groups is 1. The van der Waals surface area contributed by atoms with E-state index in [0.717, 1.165) is 30.6 Å². The van der Waals surface area contributed by atoms with Crippen molar-refractivity contribution in [1.29, 1.82) is 0 Å². The quantitative estimate of drug-likeness (QED) is 0.823. The van der Waals surface area contributed by atoms with Gasteiger partial charge in [0, 0.05) is 6.20 Å². The molecule has 0 radical (unpaired) electrons. The molecule has 2 rings (SSSR count). The summed E-state index contributed by atoms with van der Waals surface area (Å²) >= 11 is 0. The van der Waals surface area contributed by atoms with Crippen LogP contribution in [0.3, 0.4) is 0 Å². The third kappa shape index (κ3) is 3.27. The van der Waals surface area contributed by atoms with Crippen LogP contribution in [0.1, 0.15) is 30.5 Å². The first-order chi connectivity index (χ1) is 8.27. The maximum Gasteiger partial charge on any atom is 0.237 e. The number of rotatable bonds is 3. The average molecular weight is 233 g/mol. The monoisotopic (exact) mass is 233 g/mol. The maximum atomic E-state index is 11.9. The van der Waals surface area contributed by atoms with Gasteiger partial charge in [-0.15, -0.1) is 0 Å². The van der Waals surface area contributed by atoms with Gasteiger partial charge in [-0.3, -0.25) is 9.78 Å². The van der Waals surface area contributed by atoms with E-state index in [0.29, 0.717) is 6.54 Å². The van der Waals surface area contributed by atoms with Crippen molar-refractivity contribution in [1.82, 2.24) is 15.6 Å². The summed E-state index contributed by atoms with van der Waals surface area (Å²) < 4.78 is 0. The van der Waals surface area contributed by atoms with E-state index < -0.39 is 0 Å². The number of pyridine rings is 1. The highest BCUT2D eigenvalue weighted by atomic mass is 16.2. The molecule has 0 aliphatic carbocycles. The van der Waals surface area contributed by atoms with Crippen molar-refractivity contribution in [2.75, 3.05) is 6.54 Å². The second kappa shape index (κ2) is 5.77. The Morgan fingerprint density at radius 3 is 3.18 bits per heavy atom. The highest BCUT2D eigenvalue weighted by Gasteiger charge is 2.19. The van der Waals surface area contributed by atoms with Crippen LogP contribution < -0.4 is 10.6 Å². The van der Waals surface area contributed by atoms with Crippen LogP contribution in [0.25, 0.3) is 0 Å². The largest absolute Gasteiger partial charge is 0.349 e. The number of carbonyl (C=O) groups excluding carboxylic acids is 1. The third-order valence-corrected chi connectivity index (χ3v) is 3.17. The molecule has 1 amide bonds.